The van der Waals surface area contributed by atoms with E-state index < -0.39 is 30.7 Å². The molecule has 0 aromatic carbocycles. The number of rotatable bonds is 7. The van der Waals surface area contributed by atoms with Crippen LogP contribution in [-0.2, 0) is 23.8 Å². The third-order valence-corrected chi connectivity index (χ3v) is 4.87. The standard InChI is InChI=1S/C21H30N2O8/c1-5-15-7-9-28-11-16(21(26)31-13(2)10-15)23-20(25)18-19(30-12-29-14(3)24)17(27-4)6-8-22-18/h6,8,13,15-16H,5,7,9-12H2,1-4H3,(H,23,25)/t13?,15?,16-/m0/s1. The molecule has 1 aliphatic rings. The van der Waals surface area contributed by atoms with Crippen LogP contribution in [-0.4, -0.2) is 62.1 Å². The van der Waals surface area contributed by atoms with Crippen LogP contribution in [0, 0.1) is 5.92 Å². The number of pyridine rings is 1. The van der Waals surface area contributed by atoms with Crippen molar-refractivity contribution < 1.29 is 38.1 Å². The van der Waals surface area contributed by atoms with E-state index >= 15 is 0 Å². The van der Waals surface area contributed by atoms with Crippen molar-refractivity contribution in [3.05, 3.63) is 18.0 Å². The molecule has 2 unspecified atom stereocenters. The fraction of sp³-hybridized carbons (Fsp3) is 0.619. The molecule has 1 N–H and O–H groups in total. The second-order valence-corrected chi connectivity index (χ2v) is 7.24. The molecule has 1 aromatic rings. The molecule has 1 aliphatic heterocycles. The fourth-order valence-electron chi connectivity index (χ4n) is 3.20. The number of hydrogen-bond donors (Lipinski definition) is 1. The average Bonchev–Trinajstić information content (AvgIpc) is 2.73. The maximum atomic E-state index is 12.9. The Bertz CT molecular complexity index is 770. The van der Waals surface area contributed by atoms with Crippen LogP contribution >= 0.6 is 0 Å². The molecule has 2 rings (SSSR count). The van der Waals surface area contributed by atoms with E-state index in [0.29, 0.717) is 12.5 Å². The first kappa shape index (κ1) is 24.4. The van der Waals surface area contributed by atoms with Crippen LogP contribution in [0.25, 0.3) is 0 Å². The maximum Gasteiger partial charge on any atom is 0.331 e. The SMILES string of the molecule is CCC1CCOC[C@H](NC(=O)c2nccc(OC)c2OCOC(C)=O)C(=O)OC(C)C1. The highest BCUT2D eigenvalue weighted by atomic mass is 16.7. The summed E-state index contributed by atoms with van der Waals surface area (Å²) in [6, 6.07) is 0.481. The van der Waals surface area contributed by atoms with E-state index in [9.17, 15) is 14.4 Å². The van der Waals surface area contributed by atoms with Gasteiger partial charge >= 0.3 is 11.9 Å². The van der Waals surface area contributed by atoms with Crippen molar-refractivity contribution in [2.75, 3.05) is 27.1 Å². The number of nitrogens with one attached hydrogen (secondary N) is 1. The number of carbonyl (C=O) groups excluding carboxylic acids is 3. The van der Waals surface area contributed by atoms with Crippen LogP contribution < -0.4 is 14.8 Å². The van der Waals surface area contributed by atoms with Crippen molar-refractivity contribution >= 4 is 17.8 Å². The third kappa shape index (κ3) is 7.39. The minimum Gasteiger partial charge on any atom is -0.493 e. The zero-order valence-corrected chi connectivity index (χ0v) is 18.3. The van der Waals surface area contributed by atoms with Gasteiger partial charge in [0.25, 0.3) is 5.91 Å². The number of esters is 2. The quantitative estimate of drug-likeness (QED) is 0.502. The zero-order valence-electron chi connectivity index (χ0n) is 18.3. The molecule has 0 saturated carbocycles. The molecule has 0 aliphatic carbocycles. The number of carbonyl (C=O) groups is 3. The minimum atomic E-state index is -1.01. The molecule has 3 atom stereocenters. The summed E-state index contributed by atoms with van der Waals surface area (Å²) in [7, 11) is 1.40. The lowest BCUT2D eigenvalue weighted by molar-refractivity contribution is -0.154. The summed E-state index contributed by atoms with van der Waals surface area (Å²) in [5.41, 5.74) is -0.129. The van der Waals surface area contributed by atoms with Crippen LogP contribution in [0.3, 0.4) is 0 Å². The molecule has 172 valence electrons. The summed E-state index contributed by atoms with van der Waals surface area (Å²) in [5, 5.41) is 2.59. The topological polar surface area (TPSA) is 122 Å². The highest BCUT2D eigenvalue weighted by Gasteiger charge is 2.29. The molecule has 1 saturated heterocycles. The predicted molar refractivity (Wildman–Crippen MR) is 109 cm³/mol. The van der Waals surface area contributed by atoms with Crippen LogP contribution in [0.1, 0.15) is 50.5 Å². The van der Waals surface area contributed by atoms with Crippen LogP contribution in [0.15, 0.2) is 12.3 Å². The van der Waals surface area contributed by atoms with Gasteiger partial charge in [0, 0.05) is 25.8 Å². The summed E-state index contributed by atoms with van der Waals surface area (Å²) >= 11 is 0. The first-order valence-electron chi connectivity index (χ1n) is 10.2. The Labute approximate surface area is 181 Å². The lowest BCUT2D eigenvalue weighted by Crippen LogP contribution is -2.46. The summed E-state index contributed by atoms with van der Waals surface area (Å²) in [6.45, 7) is 5.19. The Morgan fingerprint density at radius 2 is 2.13 bits per heavy atom. The second kappa shape index (κ2) is 12.1. The first-order chi connectivity index (χ1) is 14.8. The van der Waals surface area contributed by atoms with E-state index in [4.69, 9.17) is 23.7 Å². The zero-order chi connectivity index (χ0) is 22.8. The van der Waals surface area contributed by atoms with E-state index in [0.717, 1.165) is 19.3 Å². The molecule has 0 radical (unpaired) electrons. The van der Waals surface area contributed by atoms with Crippen molar-refractivity contribution in [1.82, 2.24) is 10.3 Å². The molecule has 10 heteroatoms. The molecule has 10 nitrogen and oxygen atoms in total. The van der Waals surface area contributed by atoms with Crippen LogP contribution in [0.5, 0.6) is 11.5 Å². The Kier molecular flexibility index (Phi) is 9.51. The van der Waals surface area contributed by atoms with Gasteiger partial charge in [0.1, 0.15) is 0 Å². The van der Waals surface area contributed by atoms with Crippen molar-refractivity contribution in [3.63, 3.8) is 0 Å². The van der Waals surface area contributed by atoms with Gasteiger partial charge < -0.3 is 29.0 Å². The van der Waals surface area contributed by atoms with Crippen molar-refractivity contribution in [2.24, 2.45) is 5.92 Å². The lowest BCUT2D eigenvalue weighted by Gasteiger charge is -2.26. The molecule has 1 fully saturated rings. The van der Waals surface area contributed by atoms with Crippen molar-refractivity contribution in [3.8, 4) is 11.5 Å². The normalized spacial score (nSPS) is 22.1. The predicted octanol–water partition coefficient (Wildman–Crippen LogP) is 1.86. The Morgan fingerprint density at radius 3 is 2.81 bits per heavy atom. The highest BCUT2D eigenvalue weighted by Crippen LogP contribution is 2.29. The van der Waals surface area contributed by atoms with Gasteiger partial charge in [-0.25, -0.2) is 9.78 Å². The summed E-state index contributed by atoms with van der Waals surface area (Å²) in [4.78, 5) is 40.5. The smallest absolute Gasteiger partial charge is 0.331 e. The number of aromatic nitrogens is 1. The number of nitrogens with zero attached hydrogens (tertiary/aromatic N) is 1. The second-order valence-electron chi connectivity index (χ2n) is 7.24. The van der Waals surface area contributed by atoms with Gasteiger partial charge in [-0.3, -0.25) is 9.59 Å². The Morgan fingerprint density at radius 1 is 1.35 bits per heavy atom. The van der Waals surface area contributed by atoms with E-state index in [1.165, 1.54) is 26.3 Å². The Balaban J connectivity index is 2.15. The van der Waals surface area contributed by atoms with Gasteiger partial charge in [0.15, 0.2) is 23.2 Å². The van der Waals surface area contributed by atoms with Crippen LogP contribution in [0.2, 0.25) is 0 Å². The van der Waals surface area contributed by atoms with Gasteiger partial charge in [-0.05, 0) is 25.7 Å². The maximum absolute atomic E-state index is 12.9. The van der Waals surface area contributed by atoms with Gasteiger partial charge in [0.2, 0.25) is 6.79 Å². The minimum absolute atomic E-state index is 0.0166. The van der Waals surface area contributed by atoms with E-state index in [-0.39, 0.29) is 29.9 Å². The molecule has 0 spiro atoms. The van der Waals surface area contributed by atoms with Gasteiger partial charge in [-0.15, -0.1) is 0 Å². The monoisotopic (exact) mass is 438 g/mol. The third-order valence-electron chi connectivity index (χ3n) is 4.87. The Hall–Kier alpha value is -2.88. The van der Waals surface area contributed by atoms with Crippen molar-refractivity contribution in [2.45, 2.75) is 52.2 Å². The summed E-state index contributed by atoms with van der Waals surface area (Å²) in [5.74, 6) is -1.20. The number of amides is 1. The molecule has 1 aromatic heterocycles. The number of cyclic esters (lactones) is 1. The number of hydrogen-bond acceptors (Lipinski definition) is 9. The lowest BCUT2D eigenvalue weighted by atomic mass is 9.96. The van der Waals surface area contributed by atoms with Gasteiger partial charge in [-0.1, -0.05) is 13.3 Å². The molecular formula is C21H30N2O8. The van der Waals surface area contributed by atoms with Crippen LogP contribution in [0.4, 0.5) is 0 Å². The molecule has 0 bridgehead atoms. The highest BCUT2D eigenvalue weighted by molar-refractivity contribution is 5.98. The molecule has 31 heavy (non-hydrogen) atoms. The molecule has 2 heterocycles. The average molecular weight is 438 g/mol. The van der Waals surface area contributed by atoms with E-state index in [1.807, 2.05) is 6.92 Å². The van der Waals surface area contributed by atoms with E-state index in [2.05, 4.69) is 17.2 Å². The van der Waals surface area contributed by atoms with Gasteiger partial charge in [-0.2, -0.15) is 0 Å². The molecule has 1 amide bonds. The first-order valence-corrected chi connectivity index (χ1v) is 10.2. The van der Waals surface area contributed by atoms with E-state index in [1.54, 1.807) is 0 Å². The van der Waals surface area contributed by atoms with Gasteiger partial charge in [0.05, 0.1) is 19.8 Å². The number of ether oxygens (including phenoxy) is 5. The fourth-order valence-corrected chi connectivity index (χ4v) is 3.20. The largest absolute Gasteiger partial charge is 0.493 e. The van der Waals surface area contributed by atoms with Crippen molar-refractivity contribution in [1.29, 1.82) is 0 Å². The molecular weight excluding hydrogens is 408 g/mol. The summed E-state index contributed by atoms with van der Waals surface area (Å²) < 4.78 is 26.5. The number of methoxy groups -OCH3 is 1. The summed E-state index contributed by atoms with van der Waals surface area (Å²) in [6.07, 6.45) is 3.65.